The first-order valence-electron chi connectivity index (χ1n) is 6.99. The summed E-state index contributed by atoms with van der Waals surface area (Å²) in [5.41, 5.74) is 7.36. The van der Waals surface area contributed by atoms with Crippen LogP contribution in [0.3, 0.4) is 0 Å². The molecule has 0 bridgehead atoms. The molecule has 0 spiro atoms. The summed E-state index contributed by atoms with van der Waals surface area (Å²) in [6.45, 7) is 2.21. The Hall–Kier alpha value is -1.77. The minimum absolute atomic E-state index is 0.0128. The average Bonchev–Trinajstić information content (AvgIpc) is 2.39. The molecule has 0 saturated heterocycles. The summed E-state index contributed by atoms with van der Waals surface area (Å²) < 4.78 is 0. The van der Waals surface area contributed by atoms with Crippen molar-refractivity contribution in [2.75, 3.05) is 5.73 Å². The van der Waals surface area contributed by atoms with Gasteiger partial charge in [-0.2, -0.15) is 0 Å². The predicted molar refractivity (Wildman–Crippen MR) is 79.5 cm³/mol. The van der Waals surface area contributed by atoms with Gasteiger partial charge in [0.25, 0.3) is 0 Å². The van der Waals surface area contributed by atoms with E-state index in [1.807, 2.05) is 24.3 Å². The van der Waals surface area contributed by atoms with Crippen LogP contribution < -0.4 is 11.1 Å². The number of amides is 1. The van der Waals surface area contributed by atoms with Gasteiger partial charge in [0.15, 0.2) is 0 Å². The molecule has 19 heavy (non-hydrogen) atoms. The van der Waals surface area contributed by atoms with Crippen molar-refractivity contribution < 1.29 is 4.79 Å². The molecule has 1 aromatic rings. The number of hydrogen-bond acceptors (Lipinski definition) is 2. The molecule has 1 aliphatic rings. The van der Waals surface area contributed by atoms with Crippen LogP contribution in [0.2, 0.25) is 0 Å². The van der Waals surface area contributed by atoms with Crippen LogP contribution in [0.15, 0.2) is 30.3 Å². The SMILES string of the molecule is CC1CCCCC1NC(=O)/C=C/c1cccc(N)c1. The number of rotatable bonds is 3. The number of nitrogen functional groups attached to an aromatic ring is 1. The maximum absolute atomic E-state index is 11.9. The standard InChI is InChI=1S/C16H22N2O/c1-12-5-2-3-8-15(12)18-16(19)10-9-13-6-4-7-14(17)11-13/h4,6-7,9-12,15H,2-3,5,8,17H2,1H3,(H,18,19)/b10-9+. The van der Waals surface area contributed by atoms with Crippen LogP contribution in [0.1, 0.15) is 38.2 Å². The van der Waals surface area contributed by atoms with Gasteiger partial charge in [-0.1, -0.05) is 31.9 Å². The molecule has 1 aromatic carbocycles. The molecular weight excluding hydrogens is 236 g/mol. The van der Waals surface area contributed by atoms with Gasteiger partial charge >= 0.3 is 0 Å². The highest BCUT2D eigenvalue weighted by molar-refractivity contribution is 5.92. The zero-order valence-corrected chi connectivity index (χ0v) is 11.4. The Morgan fingerprint density at radius 1 is 1.37 bits per heavy atom. The van der Waals surface area contributed by atoms with Crippen molar-refractivity contribution in [3.63, 3.8) is 0 Å². The van der Waals surface area contributed by atoms with Crippen molar-refractivity contribution in [3.05, 3.63) is 35.9 Å². The fourth-order valence-corrected chi connectivity index (χ4v) is 2.60. The monoisotopic (exact) mass is 258 g/mol. The van der Waals surface area contributed by atoms with Crippen molar-refractivity contribution in [2.45, 2.75) is 38.6 Å². The molecule has 1 aliphatic carbocycles. The van der Waals surface area contributed by atoms with E-state index in [9.17, 15) is 4.79 Å². The predicted octanol–water partition coefficient (Wildman–Crippen LogP) is 2.98. The number of anilines is 1. The first kappa shape index (κ1) is 13.7. The second-order valence-corrected chi connectivity index (χ2v) is 5.38. The van der Waals surface area contributed by atoms with E-state index in [1.165, 1.54) is 19.3 Å². The molecular formula is C16H22N2O. The number of benzene rings is 1. The van der Waals surface area contributed by atoms with Crippen LogP contribution in [0.25, 0.3) is 6.08 Å². The van der Waals surface area contributed by atoms with E-state index in [1.54, 1.807) is 12.2 Å². The van der Waals surface area contributed by atoms with Crippen LogP contribution in [0.4, 0.5) is 5.69 Å². The van der Waals surface area contributed by atoms with Gasteiger partial charge in [0.05, 0.1) is 0 Å². The minimum atomic E-state index is -0.0128. The topological polar surface area (TPSA) is 55.1 Å². The lowest BCUT2D eigenvalue weighted by molar-refractivity contribution is -0.117. The highest BCUT2D eigenvalue weighted by atomic mass is 16.1. The first-order chi connectivity index (χ1) is 9.15. The Balaban J connectivity index is 1.90. The van der Waals surface area contributed by atoms with E-state index in [-0.39, 0.29) is 5.91 Å². The summed E-state index contributed by atoms with van der Waals surface area (Å²) >= 11 is 0. The van der Waals surface area contributed by atoms with Gasteiger partial charge < -0.3 is 11.1 Å². The zero-order chi connectivity index (χ0) is 13.7. The average molecular weight is 258 g/mol. The van der Waals surface area contributed by atoms with Gasteiger partial charge in [0.1, 0.15) is 0 Å². The maximum Gasteiger partial charge on any atom is 0.244 e. The van der Waals surface area contributed by atoms with Crippen LogP contribution in [-0.2, 0) is 4.79 Å². The number of hydrogen-bond donors (Lipinski definition) is 2. The summed E-state index contributed by atoms with van der Waals surface area (Å²) in [4.78, 5) is 11.9. The summed E-state index contributed by atoms with van der Waals surface area (Å²) in [6.07, 6.45) is 8.21. The molecule has 3 heteroatoms. The summed E-state index contributed by atoms with van der Waals surface area (Å²) in [6, 6.07) is 7.83. The second kappa shape index (κ2) is 6.41. The van der Waals surface area contributed by atoms with E-state index >= 15 is 0 Å². The van der Waals surface area contributed by atoms with E-state index in [0.29, 0.717) is 17.6 Å². The number of carbonyl (C=O) groups is 1. The molecule has 102 valence electrons. The van der Waals surface area contributed by atoms with Gasteiger partial charge in [-0.25, -0.2) is 0 Å². The molecule has 2 rings (SSSR count). The molecule has 2 unspecified atom stereocenters. The van der Waals surface area contributed by atoms with Gasteiger partial charge in [-0.15, -0.1) is 0 Å². The number of carbonyl (C=O) groups excluding carboxylic acids is 1. The maximum atomic E-state index is 11.9. The molecule has 0 aromatic heterocycles. The number of nitrogens with two attached hydrogens (primary N) is 1. The summed E-state index contributed by atoms with van der Waals surface area (Å²) in [5.74, 6) is 0.569. The van der Waals surface area contributed by atoms with E-state index in [0.717, 1.165) is 12.0 Å². The fourth-order valence-electron chi connectivity index (χ4n) is 2.60. The van der Waals surface area contributed by atoms with Crippen LogP contribution in [-0.4, -0.2) is 11.9 Å². The highest BCUT2D eigenvalue weighted by Gasteiger charge is 2.21. The fraction of sp³-hybridized carbons (Fsp3) is 0.438. The molecule has 0 heterocycles. The van der Waals surface area contributed by atoms with Crippen molar-refractivity contribution >= 4 is 17.7 Å². The Bertz CT molecular complexity index is 468. The summed E-state index contributed by atoms with van der Waals surface area (Å²) in [5, 5.41) is 3.10. The molecule has 2 atom stereocenters. The van der Waals surface area contributed by atoms with E-state index < -0.39 is 0 Å². The third-order valence-corrected chi connectivity index (χ3v) is 3.78. The second-order valence-electron chi connectivity index (χ2n) is 5.38. The highest BCUT2D eigenvalue weighted by Crippen LogP contribution is 2.23. The lowest BCUT2D eigenvalue weighted by atomic mass is 9.86. The van der Waals surface area contributed by atoms with Crippen LogP contribution in [0.5, 0.6) is 0 Å². The smallest absolute Gasteiger partial charge is 0.244 e. The van der Waals surface area contributed by atoms with E-state index in [2.05, 4.69) is 12.2 Å². The first-order valence-corrected chi connectivity index (χ1v) is 6.99. The molecule has 3 N–H and O–H groups in total. The van der Waals surface area contributed by atoms with Gasteiger partial charge in [-0.05, 0) is 42.5 Å². The van der Waals surface area contributed by atoms with E-state index in [4.69, 9.17) is 5.73 Å². The molecule has 0 aliphatic heterocycles. The van der Waals surface area contributed by atoms with Gasteiger partial charge in [0.2, 0.25) is 5.91 Å². The third kappa shape index (κ3) is 4.12. The van der Waals surface area contributed by atoms with Crippen LogP contribution >= 0.6 is 0 Å². The Kier molecular flexibility index (Phi) is 4.61. The molecule has 1 fully saturated rings. The quantitative estimate of drug-likeness (QED) is 0.647. The van der Waals surface area contributed by atoms with Gasteiger partial charge in [0, 0.05) is 17.8 Å². The third-order valence-electron chi connectivity index (χ3n) is 3.78. The van der Waals surface area contributed by atoms with Crippen molar-refractivity contribution in [1.82, 2.24) is 5.32 Å². The molecule has 1 amide bonds. The van der Waals surface area contributed by atoms with Gasteiger partial charge in [-0.3, -0.25) is 4.79 Å². The molecule has 1 saturated carbocycles. The number of nitrogens with one attached hydrogen (secondary N) is 1. The normalized spacial score (nSPS) is 23.4. The largest absolute Gasteiger partial charge is 0.399 e. The lowest BCUT2D eigenvalue weighted by Crippen LogP contribution is -2.40. The Labute approximate surface area is 114 Å². The minimum Gasteiger partial charge on any atom is -0.399 e. The molecule has 0 radical (unpaired) electrons. The Morgan fingerprint density at radius 3 is 2.89 bits per heavy atom. The van der Waals surface area contributed by atoms with Crippen molar-refractivity contribution in [1.29, 1.82) is 0 Å². The van der Waals surface area contributed by atoms with Crippen molar-refractivity contribution in [3.8, 4) is 0 Å². The summed E-state index contributed by atoms with van der Waals surface area (Å²) in [7, 11) is 0. The zero-order valence-electron chi connectivity index (χ0n) is 11.4. The lowest BCUT2D eigenvalue weighted by Gasteiger charge is -2.29. The van der Waals surface area contributed by atoms with Crippen LogP contribution in [0, 0.1) is 5.92 Å². The van der Waals surface area contributed by atoms with Crippen molar-refractivity contribution in [2.24, 2.45) is 5.92 Å². The Morgan fingerprint density at radius 2 is 2.16 bits per heavy atom. The molecule has 3 nitrogen and oxygen atoms in total.